The van der Waals surface area contributed by atoms with Crippen LogP contribution >= 0.6 is 15.9 Å². The SMILES string of the molecule is CC1(Nc2nc3ccc(Br)cn3n2)CCNC1. The molecule has 2 N–H and O–H groups in total. The summed E-state index contributed by atoms with van der Waals surface area (Å²) in [5, 5.41) is 11.2. The van der Waals surface area contributed by atoms with Gasteiger partial charge in [0.1, 0.15) is 0 Å². The third-order valence-corrected chi connectivity index (χ3v) is 3.55. The van der Waals surface area contributed by atoms with E-state index in [0.717, 1.165) is 29.6 Å². The van der Waals surface area contributed by atoms with Crippen molar-refractivity contribution in [3.05, 3.63) is 22.8 Å². The van der Waals surface area contributed by atoms with Crippen molar-refractivity contribution in [2.45, 2.75) is 18.9 Å². The largest absolute Gasteiger partial charge is 0.346 e. The molecule has 3 rings (SSSR count). The Morgan fingerprint density at radius 3 is 3.18 bits per heavy atom. The predicted octanol–water partition coefficient (Wildman–Crippen LogP) is 1.66. The molecule has 2 aromatic heterocycles. The van der Waals surface area contributed by atoms with Gasteiger partial charge in [0.25, 0.3) is 0 Å². The molecule has 1 fully saturated rings. The highest BCUT2D eigenvalue weighted by atomic mass is 79.9. The van der Waals surface area contributed by atoms with Crippen LogP contribution in [-0.4, -0.2) is 33.2 Å². The number of fused-ring (bicyclic) bond motifs is 1. The fourth-order valence-electron chi connectivity index (χ4n) is 2.10. The highest BCUT2D eigenvalue weighted by molar-refractivity contribution is 9.10. The number of rotatable bonds is 2. The van der Waals surface area contributed by atoms with Gasteiger partial charge >= 0.3 is 0 Å². The van der Waals surface area contributed by atoms with Crippen LogP contribution in [0.4, 0.5) is 5.95 Å². The van der Waals surface area contributed by atoms with Crippen LogP contribution in [0.5, 0.6) is 0 Å². The molecule has 3 heterocycles. The molecule has 1 aliphatic rings. The molecule has 6 heteroatoms. The summed E-state index contributed by atoms with van der Waals surface area (Å²) in [5.74, 6) is 0.689. The Morgan fingerprint density at radius 1 is 1.53 bits per heavy atom. The monoisotopic (exact) mass is 295 g/mol. The molecule has 0 radical (unpaired) electrons. The zero-order chi connectivity index (χ0) is 11.9. The Hall–Kier alpha value is -1.14. The first-order chi connectivity index (χ1) is 8.15. The standard InChI is InChI=1S/C11H14BrN5/c1-11(4-5-13-7-11)15-10-14-9-3-2-8(12)6-17(9)16-10/h2-3,6,13H,4-5,7H2,1H3,(H,15,16). The van der Waals surface area contributed by atoms with Crippen LogP contribution in [0.25, 0.3) is 5.65 Å². The molecule has 1 atom stereocenters. The van der Waals surface area contributed by atoms with Crippen molar-refractivity contribution in [3.8, 4) is 0 Å². The van der Waals surface area contributed by atoms with E-state index in [-0.39, 0.29) is 5.54 Å². The van der Waals surface area contributed by atoms with Crippen LogP contribution in [-0.2, 0) is 0 Å². The Labute approximate surface area is 108 Å². The van der Waals surface area contributed by atoms with Gasteiger partial charge in [0.2, 0.25) is 5.95 Å². The molecule has 0 saturated carbocycles. The van der Waals surface area contributed by atoms with E-state index in [2.05, 4.69) is 43.6 Å². The van der Waals surface area contributed by atoms with Crippen LogP contribution in [0.1, 0.15) is 13.3 Å². The quantitative estimate of drug-likeness (QED) is 0.885. The van der Waals surface area contributed by atoms with Gasteiger partial charge in [0.05, 0.1) is 5.54 Å². The molecule has 0 aliphatic carbocycles. The van der Waals surface area contributed by atoms with E-state index >= 15 is 0 Å². The summed E-state index contributed by atoms with van der Waals surface area (Å²) < 4.78 is 2.77. The first-order valence-electron chi connectivity index (χ1n) is 5.66. The van der Waals surface area contributed by atoms with Crippen molar-refractivity contribution in [1.82, 2.24) is 19.9 Å². The zero-order valence-corrected chi connectivity index (χ0v) is 11.2. The predicted molar refractivity (Wildman–Crippen MR) is 70.2 cm³/mol. The first-order valence-corrected chi connectivity index (χ1v) is 6.45. The number of hydrogen-bond acceptors (Lipinski definition) is 4. The van der Waals surface area contributed by atoms with Crippen molar-refractivity contribution in [2.24, 2.45) is 0 Å². The second kappa shape index (κ2) is 3.96. The van der Waals surface area contributed by atoms with Crippen molar-refractivity contribution in [1.29, 1.82) is 0 Å². The summed E-state index contributed by atoms with van der Waals surface area (Å²) in [4.78, 5) is 4.45. The summed E-state index contributed by atoms with van der Waals surface area (Å²) in [6.07, 6.45) is 3.00. The van der Waals surface area contributed by atoms with Crippen LogP contribution in [0, 0.1) is 0 Å². The lowest BCUT2D eigenvalue weighted by Crippen LogP contribution is -2.37. The van der Waals surface area contributed by atoms with Gasteiger partial charge in [-0.15, -0.1) is 5.10 Å². The molecule has 1 aliphatic heterocycles. The molecule has 2 aromatic rings. The van der Waals surface area contributed by atoms with Gasteiger partial charge in [-0.05, 0) is 48.0 Å². The molecule has 1 unspecified atom stereocenters. The third-order valence-electron chi connectivity index (χ3n) is 3.08. The number of halogens is 1. The number of aromatic nitrogens is 3. The fourth-order valence-corrected chi connectivity index (χ4v) is 2.43. The van der Waals surface area contributed by atoms with E-state index < -0.39 is 0 Å². The smallest absolute Gasteiger partial charge is 0.243 e. The maximum Gasteiger partial charge on any atom is 0.243 e. The van der Waals surface area contributed by atoms with E-state index in [9.17, 15) is 0 Å². The third kappa shape index (κ3) is 2.14. The van der Waals surface area contributed by atoms with Gasteiger partial charge in [-0.25, -0.2) is 4.52 Å². The van der Waals surface area contributed by atoms with Crippen molar-refractivity contribution in [2.75, 3.05) is 18.4 Å². The van der Waals surface area contributed by atoms with Crippen molar-refractivity contribution < 1.29 is 0 Å². The highest BCUT2D eigenvalue weighted by Gasteiger charge is 2.29. The molecule has 1 saturated heterocycles. The minimum absolute atomic E-state index is 0.0577. The zero-order valence-electron chi connectivity index (χ0n) is 9.57. The number of nitrogens with one attached hydrogen (secondary N) is 2. The van der Waals surface area contributed by atoms with Crippen LogP contribution in [0.3, 0.4) is 0 Å². The fraction of sp³-hybridized carbons (Fsp3) is 0.455. The van der Waals surface area contributed by atoms with Gasteiger partial charge in [0.15, 0.2) is 5.65 Å². The molecule has 5 nitrogen and oxygen atoms in total. The Balaban J connectivity index is 1.90. The molecule has 0 aromatic carbocycles. The van der Waals surface area contributed by atoms with Crippen LogP contribution in [0.2, 0.25) is 0 Å². The van der Waals surface area contributed by atoms with Gasteiger partial charge in [0, 0.05) is 17.2 Å². The minimum atomic E-state index is 0.0577. The summed E-state index contributed by atoms with van der Waals surface area (Å²) in [6, 6.07) is 3.91. The molecule has 0 amide bonds. The normalized spacial score (nSPS) is 24.4. The molecule has 0 spiro atoms. The highest BCUT2D eigenvalue weighted by Crippen LogP contribution is 2.19. The minimum Gasteiger partial charge on any atom is -0.346 e. The maximum atomic E-state index is 4.45. The van der Waals surface area contributed by atoms with E-state index in [1.807, 2.05) is 18.3 Å². The lowest BCUT2D eigenvalue weighted by atomic mass is 10.0. The van der Waals surface area contributed by atoms with Crippen molar-refractivity contribution >= 4 is 27.5 Å². The average molecular weight is 296 g/mol. The van der Waals surface area contributed by atoms with Gasteiger partial charge in [-0.2, -0.15) is 4.98 Å². The number of nitrogens with zero attached hydrogens (tertiary/aromatic N) is 3. The number of hydrogen-bond donors (Lipinski definition) is 2. The lowest BCUT2D eigenvalue weighted by Gasteiger charge is -2.23. The first kappa shape index (κ1) is 11.0. The van der Waals surface area contributed by atoms with Gasteiger partial charge in [-0.3, -0.25) is 0 Å². The van der Waals surface area contributed by atoms with E-state index in [1.165, 1.54) is 0 Å². The van der Waals surface area contributed by atoms with Crippen LogP contribution in [0.15, 0.2) is 22.8 Å². The summed E-state index contributed by atoms with van der Waals surface area (Å²) >= 11 is 3.42. The molecule has 90 valence electrons. The second-order valence-corrected chi connectivity index (χ2v) is 5.61. The number of anilines is 1. The molecule has 17 heavy (non-hydrogen) atoms. The van der Waals surface area contributed by atoms with Crippen molar-refractivity contribution in [3.63, 3.8) is 0 Å². The molecular weight excluding hydrogens is 282 g/mol. The molecule has 0 bridgehead atoms. The van der Waals surface area contributed by atoms with E-state index in [0.29, 0.717) is 5.95 Å². The van der Waals surface area contributed by atoms with E-state index in [4.69, 9.17) is 0 Å². The van der Waals surface area contributed by atoms with Crippen LogP contribution < -0.4 is 10.6 Å². The maximum absolute atomic E-state index is 4.45. The molecular formula is C11H14BrN5. The van der Waals surface area contributed by atoms with Gasteiger partial charge < -0.3 is 10.6 Å². The summed E-state index contributed by atoms with van der Waals surface area (Å²) in [5.41, 5.74) is 0.910. The summed E-state index contributed by atoms with van der Waals surface area (Å²) in [7, 11) is 0. The Bertz CT molecular complexity index is 544. The topological polar surface area (TPSA) is 54.2 Å². The van der Waals surface area contributed by atoms with E-state index in [1.54, 1.807) is 4.52 Å². The Kier molecular flexibility index (Phi) is 2.56. The summed E-state index contributed by atoms with van der Waals surface area (Å²) in [6.45, 7) is 4.18. The lowest BCUT2D eigenvalue weighted by molar-refractivity contribution is 0.561. The average Bonchev–Trinajstić information content (AvgIpc) is 2.84. The second-order valence-electron chi connectivity index (χ2n) is 4.70. The van der Waals surface area contributed by atoms with Gasteiger partial charge in [-0.1, -0.05) is 0 Å². The number of pyridine rings is 1. The Morgan fingerprint density at radius 2 is 2.41 bits per heavy atom.